The number of esters is 2. The zero-order valence-electron chi connectivity index (χ0n) is 47.1. The van der Waals surface area contributed by atoms with Gasteiger partial charge in [-0.05, 0) is 103 Å². The van der Waals surface area contributed by atoms with Crippen LogP contribution in [0.4, 0.5) is 18.4 Å². The normalized spacial score (nSPS) is 21.6. The van der Waals surface area contributed by atoms with E-state index in [4.69, 9.17) is 28.4 Å². The van der Waals surface area contributed by atoms with Crippen molar-refractivity contribution in [1.29, 1.82) is 0 Å². The molecule has 4 fully saturated rings. The number of amides is 4. The highest BCUT2D eigenvalue weighted by atomic mass is 19.1. The topological polar surface area (TPSA) is 181 Å². The van der Waals surface area contributed by atoms with Gasteiger partial charge in [-0.3, -0.25) is 9.59 Å². The Labute approximate surface area is 456 Å². The zero-order valence-corrected chi connectivity index (χ0v) is 47.1. The van der Waals surface area contributed by atoms with Gasteiger partial charge in [-0.15, -0.1) is 0 Å². The molecule has 0 bridgehead atoms. The largest absolute Gasteiger partial charge is 0.467 e. The van der Waals surface area contributed by atoms with E-state index in [1.54, 1.807) is 65.6 Å². The molecule has 2 aliphatic carbocycles. The minimum absolute atomic E-state index is 0.0294. The van der Waals surface area contributed by atoms with E-state index in [9.17, 15) is 28.8 Å². The molecule has 0 N–H and O–H groups in total. The summed E-state index contributed by atoms with van der Waals surface area (Å²) >= 11 is 0. The minimum atomic E-state index is -2.50. The Kier molecular flexibility index (Phi) is 18.9. The van der Waals surface area contributed by atoms with Crippen molar-refractivity contribution in [1.82, 2.24) is 28.7 Å². The molecule has 4 amide bonds. The number of rotatable bonds is 18. The van der Waals surface area contributed by atoms with Crippen molar-refractivity contribution in [2.75, 3.05) is 67.8 Å². The fraction of sp³-hybridized carbons (Fsp3) is 0.621. The molecule has 2 saturated carbocycles. The maximum atomic E-state index is 16.0. The summed E-state index contributed by atoms with van der Waals surface area (Å²) in [4.78, 5) is 84.5. The van der Waals surface area contributed by atoms with Crippen molar-refractivity contribution in [2.24, 2.45) is 11.8 Å². The van der Waals surface area contributed by atoms with E-state index in [-0.39, 0.29) is 49.8 Å². The third kappa shape index (κ3) is 14.7. The van der Waals surface area contributed by atoms with E-state index < -0.39 is 71.6 Å². The summed E-state index contributed by atoms with van der Waals surface area (Å²) in [6, 6.07) is 16.2. The molecule has 2 aromatic heterocycles. The summed E-state index contributed by atoms with van der Waals surface area (Å²) < 4.78 is 67.1. The number of hydrogen-bond acceptors (Lipinski definition) is 12. The number of aryl methyl sites for hydroxylation is 2. The number of para-hydroxylation sites is 2. The smallest absolute Gasteiger partial charge is 0.410 e. The van der Waals surface area contributed by atoms with Crippen LogP contribution < -0.4 is 0 Å². The minimum Gasteiger partial charge on any atom is -0.467 e. The van der Waals surface area contributed by atoms with E-state index in [1.807, 2.05) is 36.4 Å². The molecule has 0 unspecified atom stereocenters. The number of alkyl halides is 2. The first kappa shape index (κ1) is 59.4. The number of fused-ring (bicyclic) bond motifs is 2. The predicted molar refractivity (Wildman–Crippen MR) is 288 cm³/mol. The second kappa shape index (κ2) is 24.8. The Bertz CT molecular complexity index is 2590. The van der Waals surface area contributed by atoms with E-state index in [0.717, 1.165) is 109 Å². The van der Waals surface area contributed by atoms with Gasteiger partial charge in [-0.1, -0.05) is 36.4 Å². The number of hydrogen-bond donors (Lipinski definition) is 0. The highest BCUT2D eigenvalue weighted by Gasteiger charge is 2.54. The van der Waals surface area contributed by atoms with Crippen LogP contribution in [0.2, 0.25) is 0 Å². The number of aromatic nitrogens is 2. The van der Waals surface area contributed by atoms with Crippen molar-refractivity contribution in [3.63, 3.8) is 0 Å². The Morgan fingerprint density at radius 3 is 1.26 bits per heavy atom. The first-order valence-corrected chi connectivity index (χ1v) is 27.1. The van der Waals surface area contributed by atoms with Crippen molar-refractivity contribution < 1.29 is 66.0 Å². The third-order valence-electron chi connectivity index (χ3n) is 14.5. The Balaban J connectivity index is 0.000000226. The summed E-state index contributed by atoms with van der Waals surface area (Å²) in [5.41, 5.74) is -2.47. The number of ether oxygens (including phenoxy) is 6. The summed E-state index contributed by atoms with van der Waals surface area (Å²) in [5.74, 6) is -4.55. The second-order valence-electron chi connectivity index (χ2n) is 23.3. The lowest BCUT2D eigenvalue weighted by molar-refractivity contribution is -0.163. The van der Waals surface area contributed by atoms with Crippen LogP contribution in [0.25, 0.3) is 21.8 Å². The van der Waals surface area contributed by atoms with Gasteiger partial charge in [0.2, 0.25) is 23.2 Å². The van der Waals surface area contributed by atoms with Crippen LogP contribution >= 0.6 is 0 Å². The number of piperidine rings is 2. The highest BCUT2D eigenvalue weighted by molar-refractivity contribution is 5.89. The maximum absolute atomic E-state index is 16.0. The summed E-state index contributed by atoms with van der Waals surface area (Å²) in [7, 11) is 5.57. The van der Waals surface area contributed by atoms with Gasteiger partial charge in [0.15, 0.2) is 0 Å². The molecule has 18 nitrogen and oxygen atoms in total. The number of halogens is 2. The molecule has 0 radical (unpaired) electrons. The standard InChI is InChI=1S/2C29H40FN3O6/c2*1-28(2,3)39-27(36)32-16-20(15-29(30,19-32)26(35)38-5)25(34)33(22-11-12-22)18-21-17-31(13-8-14-37-4)24-10-7-6-9-23(21)24/h2*6-7,9-10,17,20,22H,8,11-16,18-19H2,1-5H3/t20-,29+;20-,29-/m11/s1. The number of carbonyl (C=O) groups is 6. The summed E-state index contributed by atoms with van der Waals surface area (Å²) in [6.07, 6.45) is 7.08. The van der Waals surface area contributed by atoms with Gasteiger partial charge in [0.05, 0.1) is 39.1 Å². The Morgan fingerprint density at radius 2 is 0.936 bits per heavy atom. The number of likely N-dealkylation sites (tertiary alicyclic amines) is 2. The number of methoxy groups -OCH3 is 4. The molecule has 0 spiro atoms. The van der Waals surface area contributed by atoms with E-state index in [1.165, 1.54) is 0 Å². The van der Waals surface area contributed by atoms with Crippen molar-refractivity contribution in [3.05, 3.63) is 72.1 Å². The molecule has 2 aliphatic heterocycles. The average Bonchev–Trinajstić information content (AvgIpc) is 4.43. The first-order chi connectivity index (χ1) is 36.9. The lowest BCUT2D eigenvalue weighted by atomic mass is 9.85. The molecule has 2 aromatic carbocycles. The lowest BCUT2D eigenvalue weighted by Crippen LogP contribution is -2.59. The first-order valence-electron chi connectivity index (χ1n) is 27.1. The van der Waals surface area contributed by atoms with Gasteiger partial charge >= 0.3 is 24.1 Å². The molecule has 78 heavy (non-hydrogen) atoms. The highest BCUT2D eigenvalue weighted by Crippen LogP contribution is 2.39. The lowest BCUT2D eigenvalue weighted by Gasteiger charge is -2.41. The van der Waals surface area contributed by atoms with Gasteiger partial charge in [-0.25, -0.2) is 28.0 Å². The quantitative estimate of drug-likeness (QED) is 0.0527. The fourth-order valence-electron chi connectivity index (χ4n) is 10.6. The summed E-state index contributed by atoms with van der Waals surface area (Å²) in [6.45, 7) is 12.7. The zero-order chi connectivity index (χ0) is 56.7. The number of benzene rings is 2. The van der Waals surface area contributed by atoms with Crippen LogP contribution in [0.5, 0.6) is 0 Å². The van der Waals surface area contributed by atoms with Gasteiger partial charge in [0, 0.05) is 126 Å². The predicted octanol–water partition coefficient (Wildman–Crippen LogP) is 8.61. The molecule has 20 heteroatoms. The molecule has 4 atom stereocenters. The summed E-state index contributed by atoms with van der Waals surface area (Å²) in [5, 5.41) is 2.11. The molecular weight excluding hydrogens is 1010 g/mol. The van der Waals surface area contributed by atoms with Crippen LogP contribution in [-0.4, -0.2) is 167 Å². The van der Waals surface area contributed by atoms with E-state index >= 15 is 8.78 Å². The van der Waals surface area contributed by atoms with Crippen molar-refractivity contribution in [2.45, 2.75) is 154 Å². The van der Waals surface area contributed by atoms with E-state index in [0.29, 0.717) is 26.3 Å². The van der Waals surface area contributed by atoms with Crippen molar-refractivity contribution in [3.8, 4) is 0 Å². The number of carbonyl (C=O) groups excluding carboxylic acids is 6. The second-order valence-corrected chi connectivity index (χ2v) is 23.3. The fourth-order valence-corrected chi connectivity index (χ4v) is 10.6. The Morgan fingerprint density at radius 1 is 0.577 bits per heavy atom. The monoisotopic (exact) mass is 1090 g/mol. The molecule has 8 rings (SSSR count). The van der Waals surface area contributed by atoms with Gasteiger partial charge in [0.1, 0.15) is 11.2 Å². The third-order valence-corrected chi connectivity index (χ3v) is 14.5. The van der Waals surface area contributed by atoms with Crippen molar-refractivity contribution >= 4 is 57.7 Å². The van der Waals surface area contributed by atoms with Crippen LogP contribution in [-0.2, 0) is 73.8 Å². The van der Waals surface area contributed by atoms with Gasteiger partial charge < -0.3 is 57.2 Å². The number of nitrogens with zero attached hydrogens (tertiary/aromatic N) is 6. The average molecular weight is 1090 g/mol. The molecule has 4 heterocycles. The maximum Gasteiger partial charge on any atom is 0.410 e. The molecule has 4 aromatic rings. The Hall–Kier alpha value is -6.28. The van der Waals surface area contributed by atoms with Crippen LogP contribution in [0, 0.1) is 11.8 Å². The molecule has 428 valence electrons. The SMILES string of the molecule is COCCCn1cc(CN(C(=O)[C@H]2CN(C(=O)OC(C)(C)C)C[C@@](F)(C(=O)OC)C2)C2CC2)c2ccccc21.COCCCn1cc(CN(C(=O)[C@H]2CN(C(=O)OC(C)(C)C)C[C@](F)(C(=O)OC)C2)C2CC2)c2ccccc21. The molecule has 4 aliphatic rings. The van der Waals surface area contributed by atoms with E-state index in [2.05, 4.69) is 33.7 Å². The van der Waals surface area contributed by atoms with Crippen LogP contribution in [0.1, 0.15) is 104 Å². The van der Waals surface area contributed by atoms with Gasteiger partial charge in [-0.2, -0.15) is 0 Å². The van der Waals surface area contributed by atoms with Crippen LogP contribution in [0.3, 0.4) is 0 Å². The van der Waals surface area contributed by atoms with Gasteiger partial charge in [0.25, 0.3) is 0 Å². The molecular formula is C58H80F2N6O12. The molecule has 2 saturated heterocycles. The van der Waals surface area contributed by atoms with Crippen LogP contribution in [0.15, 0.2) is 60.9 Å².